The van der Waals surface area contributed by atoms with Gasteiger partial charge in [0.05, 0.1) is 10.6 Å². The Morgan fingerprint density at radius 2 is 1.92 bits per heavy atom. The molecule has 1 aromatic carbocycles. The number of rotatable bonds is 2. The fourth-order valence-electron chi connectivity index (χ4n) is 2.77. The number of aliphatic hydroxyl groups excluding tert-OH is 1. The van der Waals surface area contributed by atoms with Crippen molar-refractivity contribution in [2.45, 2.75) is 13.3 Å². The number of para-hydroxylation sites is 1. The number of carbonyl (C=O) groups is 1. The third kappa shape index (κ3) is 2.31. The van der Waals surface area contributed by atoms with Crippen LogP contribution in [0.3, 0.4) is 0 Å². The molecule has 126 valence electrons. The summed E-state index contributed by atoms with van der Waals surface area (Å²) in [6.45, 7) is 1.77. The first-order chi connectivity index (χ1) is 11.2. The molecule has 24 heavy (non-hydrogen) atoms. The molecule has 0 spiro atoms. The van der Waals surface area contributed by atoms with Crippen molar-refractivity contribution in [2.75, 3.05) is 12.1 Å². The van der Waals surface area contributed by atoms with Gasteiger partial charge < -0.3 is 5.11 Å². The van der Waals surface area contributed by atoms with Crippen LogP contribution in [0, 0.1) is 0 Å². The molecule has 7 nitrogen and oxygen atoms in total. The van der Waals surface area contributed by atoms with E-state index in [4.69, 9.17) is 5.84 Å². The smallest absolute Gasteiger partial charge is 0.278 e. The van der Waals surface area contributed by atoms with Crippen molar-refractivity contribution in [1.29, 1.82) is 0 Å². The van der Waals surface area contributed by atoms with Crippen LogP contribution in [0.5, 0.6) is 0 Å². The maximum absolute atomic E-state index is 12.8. The van der Waals surface area contributed by atoms with Gasteiger partial charge in [-0.25, -0.2) is 23.6 Å². The van der Waals surface area contributed by atoms with E-state index in [1.54, 1.807) is 37.3 Å². The monoisotopic (exact) mass is 347 g/mol. The third-order valence-corrected chi connectivity index (χ3v) is 5.87. The SMILES string of the molecule is CC1=CC2=C(C1)C(C(=O)N(N)c1ccccc1)=C(O)N(C)S2(=O)=O. The zero-order valence-corrected chi connectivity index (χ0v) is 14.0. The zero-order valence-electron chi connectivity index (χ0n) is 13.2. The van der Waals surface area contributed by atoms with Gasteiger partial charge in [-0.3, -0.25) is 4.79 Å². The maximum Gasteiger partial charge on any atom is 0.278 e. The largest absolute Gasteiger partial charge is 0.493 e. The maximum atomic E-state index is 12.8. The van der Waals surface area contributed by atoms with E-state index in [0.29, 0.717) is 9.99 Å². The van der Waals surface area contributed by atoms with Crippen LogP contribution in [-0.4, -0.2) is 30.8 Å². The summed E-state index contributed by atoms with van der Waals surface area (Å²) in [7, 11) is -2.66. The molecular weight excluding hydrogens is 330 g/mol. The number of aliphatic hydroxyl groups is 1. The first-order valence-electron chi connectivity index (χ1n) is 7.22. The van der Waals surface area contributed by atoms with E-state index in [1.165, 1.54) is 13.1 Å². The lowest BCUT2D eigenvalue weighted by molar-refractivity contribution is -0.115. The minimum absolute atomic E-state index is 0.0325. The van der Waals surface area contributed by atoms with E-state index in [1.807, 2.05) is 0 Å². The molecule has 1 aliphatic heterocycles. The van der Waals surface area contributed by atoms with Gasteiger partial charge in [-0.15, -0.1) is 0 Å². The van der Waals surface area contributed by atoms with Crippen molar-refractivity contribution < 1.29 is 18.3 Å². The fraction of sp³-hybridized carbons (Fsp3) is 0.188. The number of benzene rings is 1. The number of allylic oxidation sites excluding steroid dienone is 2. The van der Waals surface area contributed by atoms with Crippen LogP contribution in [0.1, 0.15) is 13.3 Å². The number of sulfonamides is 1. The minimum atomic E-state index is -3.86. The molecule has 8 heteroatoms. The topological polar surface area (TPSA) is 104 Å². The molecule has 0 bridgehead atoms. The first-order valence-corrected chi connectivity index (χ1v) is 8.66. The lowest BCUT2D eigenvalue weighted by Gasteiger charge is -2.28. The minimum Gasteiger partial charge on any atom is -0.493 e. The molecule has 1 amide bonds. The van der Waals surface area contributed by atoms with Gasteiger partial charge in [0.2, 0.25) is 5.88 Å². The predicted molar refractivity (Wildman–Crippen MR) is 89.9 cm³/mol. The van der Waals surface area contributed by atoms with Gasteiger partial charge in [0.25, 0.3) is 15.9 Å². The number of hydrazine groups is 1. The summed E-state index contributed by atoms with van der Waals surface area (Å²) in [4.78, 5) is 12.9. The molecule has 3 rings (SSSR count). The van der Waals surface area contributed by atoms with Crippen LogP contribution < -0.4 is 10.9 Å². The second-order valence-electron chi connectivity index (χ2n) is 5.69. The van der Waals surface area contributed by atoms with E-state index in [0.717, 1.165) is 10.6 Å². The van der Waals surface area contributed by atoms with Crippen LogP contribution in [-0.2, 0) is 14.8 Å². The molecule has 1 aromatic rings. The summed E-state index contributed by atoms with van der Waals surface area (Å²) in [5.41, 5.74) is 1.41. The summed E-state index contributed by atoms with van der Waals surface area (Å²) < 4.78 is 25.6. The number of anilines is 1. The van der Waals surface area contributed by atoms with E-state index < -0.39 is 21.8 Å². The second-order valence-corrected chi connectivity index (χ2v) is 7.63. The van der Waals surface area contributed by atoms with Gasteiger partial charge in [0.1, 0.15) is 5.57 Å². The Labute approximate surface area is 140 Å². The van der Waals surface area contributed by atoms with Gasteiger partial charge in [-0.1, -0.05) is 23.8 Å². The fourth-order valence-corrected chi connectivity index (χ4v) is 4.22. The number of nitrogens with zero attached hydrogens (tertiary/aromatic N) is 2. The van der Waals surface area contributed by atoms with Gasteiger partial charge >= 0.3 is 0 Å². The highest BCUT2D eigenvalue weighted by Gasteiger charge is 2.41. The molecule has 0 aromatic heterocycles. The van der Waals surface area contributed by atoms with Gasteiger partial charge in [0.15, 0.2) is 0 Å². The van der Waals surface area contributed by atoms with E-state index in [9.17, 15) is 18.3 Å². The molecule has 0 saturated carbocycles. The summed E-state index contributed by atoms with van der Waals surface area (Å²) >= 11 is 0. The lowest BCUT2D eigenvalue weighted by Crippen LogP contribution is -2.42. The quantitative estimate of drug-likeness (QED) is 0.480. The Balaban J connectivity index is 2.10. The molecular formula is C16H17N3O4S. The molecule has 0 radical (unpaired) electrons. The molecule has 1 aliphatic carbocycles. The summed E-state index contributed by atoms with van der Waals surface area (Å²) in [5.74, 6) is 4.61. The second kappa shape index (κ2) is 5.50. The highest BCUT2D eigenvalue weighted by atomic mass is 32.2. The average Bonchev–Trinajstić information content (AvgIpc) is 2.95. The van der Waals surface area contributed by atoms with Gasteiger partial charge in [-0.05, 0) is 37.1 Å². The van der Waals surface area contributed by atoms with Crippen molar-refractivity contribution >= 4 is 21.6 Å². The zero-order chi connectivity index (χ0) is 17.6. The number of carbonyl (C=O) groups excluding carboxylic acids is 1. The standard InChI is InChI=1S/C16H17N3O4S/c1-10-8-12-13(9-10)24(22,23)18(2)15(20)14(12)16(21)19(17)11-6-4-3-5-7-11/h3-7,9,20H,8,17H2,1-2H3. The van der Waals surface area contributed by atoms with E-state index >= 15 is 0 Å². The number of hydrogen-bond donors (Lipinski definition) is 2. The molecule has 3 N–H and O–H groups in total. The summed E-state index contributed by atoms with van der Waals surface area (Å²) in [5, 5.41) is 11.2. The van der Waals surface area contributed by atoms with Crippen molar-refractivity contribution in [1.82, 2.24) is 4.31 Å². The van der Waals surface area contributed by atoms with Crippen LogP contribution in [0.2, 0.25) is 0 Å². The van der Waals surface area contributed by atoms with Crippen molar-refractivity contribution in [3.63, 3.8) is 0 Å². The number of nitrogens with two attached hydrogens (primary N) is 1. The Morgan fingerprint density at radius 1 is 1.29 bits per heavy atom. The van der Waals surface area contributed by atoms with Crippen molar-refractivity contribution in [2.24, 2.45) is 5.84 Å². The summed E-state index contributed by atoms with van der Waals surface area (Å²) in [6.07, 6.45) is 1.79. The highest BCUT2D eigenvalue weighted by molar-refractivity contribution is 7.93. The molecule has 0 fully saturated rings. The predicted octanol–water partition coefficient (Wildman–Crippen LogP) is 1.54. The van der Waals surface area contributed by atoms with Crippen LogP contribution in [0.4, 0.5) is 5.69 Å². The Hall–Kier alpha value is -2.58. The first kappa shape index (κ1) is 16.3. The van der Waals surface area contributed by atoms with Gasteiger partial charge in [-0.2, -0.15) is 0 Å². The van der Waals surface area contributed by atoms with Gasteiger partial charge in [0, 0.05) is 7.05 Å². The van der Waals surface area contributed by atoms with Crippen LogP contribution >= 0.6 is 0 Å². The van der Waals surface area contributed by atoms with E-state index in [-0.39, 0.29) is 22.5 Å². The van der Waals surface area contributed by atoms with Crippen LogP contribution in [0.25, 0.3) is 0 Å². The molecule has 0 saturated heterocycles. The number of amides is 1. The Bertz CT molecular complexity index is 914. The molecule has 2 aliphatic rings. The third-order valence-electron chi connectivity index (χ3n) is 4.06. The molecule has 0 unspecified atom stereocenters. The average molecular weight is 347 g/mol. The van der Waals surface area contributed by atoms with E-state index in [2.05, 4.69) is 0 Å². The molecule has 1 heterocycles. The summed E-state index contributed by atoms with van der Waals surface area (Å²) in [6, 6.07) is 8.52. The van der Waals surface area contributed by atoms with Crippen molar-refractivity contribution in [3.8, 4) is 0 Å². The highest BCUT2D eigenvalue weighted by Crippen LogP contribution is 2.41. The Kier molecular flexibility index (Phi) is 3.73. The lowest BCUT2D eigenvalue weighted by atomic mass is 10.0. The van der Waals surface area contributed by atoms with Crippen molar-refractivity contribution in [3.05, 3.63) is 63.9 Å². The Morgan fingerprint density at radius 3 is 2.54 bits per heavy atom. The van der Waals surface area contributed by atoms with Crippen LogP contribution in [0.15, 0.2) is 63.9 Å². The molecule has 0 atom stereocenters. The normalized spacial score (nSPS) is 19.3. The number of hydrogen-bond acceptors (Lipinski definition) is 5.